The molecule has 3 rings (SSSR count). The summed E-state index contributed by atoms with van der Waals surface area (Å²) in [5.74, 6) is 0.610. The van der Waals surface area contributed by atoms with E-state index in [9.17, 15) is 15.2 Å². The smallest absolute Gasteiger partial charge is 0.292 e. The Kier molecular flexibility index (Phi) is 6.42. The maximum Gasteiger partial charge on any atom is 0.292 e. The van der Waals surface area contributed by atoms with Crippen molar-refractivity contribution < 1.29 is 14.8 Å². The van der Waals surface area contributed by atoms with Crippen LogP contribution in [0.15, 0.2) is 48.5 Å². The van der Waals surface area contributed by atoms with Crippen molar-refractivity contribution in [1.29, 1.82) is 5.26 Å². The van der Waals surface area contributed by atoms with E-state index < -0.39 is 6.10 Å². The Morgan fingerprint density at radius 2 is 1.82 bits per heavy atom. The van der Waals surface area contributed by atoms with E-state index in [4.69, 9.17) is 10.00 Å². The Morgan fingerprint density at radius 3 is 2.46 bits per heavy atom. The van der Waals surface area contributed by atoms with Gasteiger partial charge >= 0.3 is 0 Å². The van der Waals surface area contributed by atoms with Gasteiger partial charge in [0.2, 0.25) is 0 Å². The molecule has 0 aliphatic carbocycles. The normalized spacial score (nSPS) is 15.6. The largest absolute Gasteiger partial charge is 0.491 e. The number of β-amino-alcohol motifs (C(OH)–C–C–N with tert-alkyl or cyclic N) is 1. The molecule has 8 nitrogen and oxygen atoms in total. The van der Waals surface area contributed by atoms with Crippen molar-refractivity contribution in [3.8, 4) is 11.8 Å². The lowest BCUT2D eigenvalue weighted by atomic mass is 10.2. The number of hydrogen-bond acceptors (Lipinski definition) is 7. The lowest BCUT2D eigenvalue weighted by molar-refractivity contribution is -0.384. The maximum atomic E-state index is 11.2. The molecule has 2 aromatic rings. The zero-order valence-corrected chi connectivity index (χ0v) is 15.4. The summed E-state index contributed by atoms with van der Waals surface area (Å²) >= 11 is 0. The Bertz CT molecular complexity index is 842. The first-order chi connectivity index (χ1) is 13.6. The topological polar surface area (TPSA) is 103 Å². The molecule has 8 heteroatoms. The van der Waals surface area contributed by atoms with E-state index in [1.807, 2.05) is 11.0 Å². The zero-order chi connectivity index (χ0) is 19.9. The number of nitriles is 1. The summed E-state index contributed by atoms with van der Waals surface area (Å²) in [6.45, 7) is 3.37. The minimum Gasteiger partial charge on any atom is -0.491 e. The summed E-state index contributed by atoms with van der Waals surface area (Å²) in [4.78, 5) is 15.0. The molecule has 0 radical (unpaired) electrons. The number of ether oxygens (including phenoxy) is 1. The Labute approximate surface area is 163 Å². The van der Waals surface area contributed by atoms with Gasteiger partial charge in [0.15, 0.2) is 0 Å². The molecular formula is C20H22N4O4. The first-order valence-electron chi connectivity index (χ1n) is 9.08. The molecule has 0 aromatic heterocycles. The van der Waals surface area contributed by atoms with Crippen LogP contribution < -0.4 is 9.64 Å². The van der Waals surface area contributed by atoms with Crippen LogP contribution in [0.1, 0.15) is 5.56 Å². The summed E-state index contributed by atoms with van der Waals surface area (Å²) in [7, 11) is 0. The number of aliphatic hydroxyl groups is 1. The predicted molar refractivity (Wildman–Crippen MR) is 104 cm³/mol. The van der Waals surface area contributed by atoms with Crippen LogP contribution in [0, 0.1) is 21.4 Å². The van der Waals surface area contributed by atoms with Crippen molar-refractivity contribution in [3.05, 3.63) is 64.2 Å². The van der Waals surface area contributed by atoms with Crippen molar-refractivity contribution in [2.24, 2.45) is 0 Å². The average molecular weight is 382 g/mol. The number of nitrogens with zero attached hydrogens (tertiary/aromatic N) is 4. The summed E-state index contributed by atoms with van der Waals surface area (Å²) in [5.41, 5.74) is 1.31. The van der Waals surface area contributed by atoms with E-state index in [0.29, 0.717) is 49.7 Å². The number of hydrogen-bond donors (Lipinski definition) is 1. The highest BCUT2D eigenvalue weighted by Crippen LogP contribution is 2.28. The summed E-state index contributed by atoms with van der Waals surface area (Å²) < 4.78 is 5.57. The highest BCUT2D eigenvalue weighted by Gasteiger charge is 2.24. The van der Waals surface area contributed by atoms with E-state index in [1.54, 1.807) is 42.5 Å². The van der Waals surface area contributed by atoms with Gasteiger partial charge in [-0.3, -0.25) is 15.0 Å². The van der Waals surface area contributed by atoms with Crippen LogP contribution in [0.2, 0.25) is 0 Å². The number of piperazine rings is 1. The average Bonchev–Trinajstić information content (AvgIpc) is 2.73. The van der Waals surface area contributed by atoms with Crippen molar-refractivity contribution in [2.45, 2.75) is 6.10 Å². The first kappa shape index (κ1) is 19.6. The van der Waals surface area contributed by atoms with Gasteiger partial charge in [-0.1, -0.05) is 12.1 Å². The molecule has 1 saturated heterocycles. The van der Waals surface area contributed by atoms with Crippen LogP contribution in [0.3, 0.4) is 0 Å². The van der Waals surface area contributed by atoms with Crippen LogP contribution in [0.5, 0.6) is 5.75 Å². The fourth-order valence-electron chi connectivity index (χ4n) is 3.23. The van der Waals surface area contributed by atoms with Gasteiger partial charge in [-0.2, -0.15) is 5.26 Å². The SMILES string of the molecule is N#Cc1ccc(OCC(O)CN2CCN(c3ccccc3[N+](=O)[O-])CC2)cc1. The summed E-state index contributed by atoms with van der Waals surface area (Å²) in [6.07, 6.45) is -0.645. The molecule has 1 heterocycles. The quantitative estimate of drug-likeness (QED) is 0.577. The molecule has 1 unspecified atom stereocenters. The molecule has 0 bridgehead atoms. The van der Waals surface area contributed by atoms with E-state index in [0.717, 1.165) is 0 Å². The highest BCUT2D eigenvalue weighted by atomic mass is 16.6. The number of nitro benzene ring substituents is 1. The fourth-order valence-corrected chi connectivity index (χ4v) is 3.23. The van der Waals surface area contributed by atoms with Crippen molar-refractivity contribution in [1.82, 2.24) is 4.90 Å². The van der Waals surface area contributed by atoms with Gasteiger partial charge < -0.3 is 14.7 Å². The van der Waals surface area contributed by atoms with E-state index in [-0.39, 0.29) is 17.2 Å². The van der Waals surface area contributed by atoms with Gasteiger partial charge in [0.05, 0.1) is 16.6 Å². The molecule has 1 atom stereocenters. The number of rotatable bonds is 7. The van der Waals surface area contributed by atoms with E-state index >= 15 is 0 Å². The van der Waals surface area contributed by atoms with Crippen molar-refractivity contribution in [3.63, 3.8) is 0 Å². The standard InChI is InChI=1S/C20H22N4O4/c21-13-16-5-7-18(8-6-16)28-15-17(25)14-22-9-11-23(12-10-22)19-3-1-2-4-20(19)24(26)27/h1-8,17,25H,9-12,14-15H2. The molecular weight excluding hydrogens is 360 g/mol. The second kappa shape index (κ2) is 9.17. The van der Waals surface area contributed by atoms with Crippen LogP contribution >= 0.6 is 0 Å². The van der Waals surface area contributed by atoms with Crippen molar-refractivity contribution >= 4 is 11.4 Å². The van der Waals surface area contributed by atoms with Crippen LogP contribution in [-0.2, 0) is 0 Å². The monoisotopic (exact) mass is 382 g/mol. The third-order valence-corrected chi connectivity index (χ3v) is 4.69. The Balaban J connectivity index is 1.46. The van der Waals surface area contributed by atoms with Crippen LogP contribution in [-0.4, -0.2) is 60.4 Å². The second-order valence-electron chi connectivity index (χ2n) is 6.63. The minimum atomic E-state index is -0.645. The third kappa shape index (κ3) is 4.97. The Hall–Kier alpha value is -3.15. The summed E-state index contributed by atoms with van der Waals surface area (Å²) in [6, 6.07) is 15.6. The summed E-state index contributed by atoms with van der Waals surface area (Å²) in [5, 5.41) is 30.2. The number of anilines is 1. The van der Waals surface area contributed by atoms with Crippen molar-refractivity contribution in [2.75, 3.05) is 44.2 Å². The van der Waals surface area contributed by atoms with Crippen LogP contribution in [0.25, 0.3) is 0 Å². The number of nitro groups is 1. The molecule has 146 valence electrons. The molecule has 28 heavy (non-hydrogen) atoms. The number of aliphatic hydroxyl groups excluding tert-OH is 1. The first-order valence-corrected chi connectivity index (χ1v) is 9.08. The molecule has 2 aromatic carbocycles. The molecule has 1 fully saturated rings. The number of para-hydroxylation sites is 2. The molecule has 1 N–H and O–H groups in total. The number of benzene rings is 2. The molecule has 0 amide bonds. The minimum absolute atomic E-state index is 0.117. The zero-order valence-electron chi connectivity index (χ0n) is 15.4. The van der Waals surface area contributed by atoms with E-state index in [1.165, 1.54) is 6.07 Å². The fraction of sp³-hybridized carbons (Fsp3) is 0.350. The second-order valence-corrected chi connectivity index (χ2v) is 6.63. The predicted octanol–water partition coefficient (Wildman–Crippen LogP) is 2.03. The lowest BCUT2D eigenvalue weighted by Crippen LogP contribution is -2.49. The van der Waals surface area contributed by atoms with Crippen LogP contribution in [0.4, 0.5) is 11.4 Å². The molecule has 0 spiro atoms. The molecule has 0 saturated carbocycles. The van der Waals surface area contributed by atoms with Gasteiger partial charge in [0, 0.05) is 38.8 Å². The molecule has 1 aliphatic rings. The van der Waals surface area contributed by atoms with Gasteiger partial charge in [-0.15, -0.1) is 0 Å². The van der Waals surface area contributed by atoms with Gasteiger partial charge in [-0.05, 0) is 30.3 Å². The van der Waals surface area contributed by atoms with E-state index in [2.05, 4.69) is 4.90 Å². The molecule has 1 aliphatic heterocycles. The maximum absolute atomic E-state index is 11.2. The lowest BCUT2D eigenvalue weighted by Gasteiger charge is -2.36. The van der Waals surface area contributed by atoms with Gasteiger partial charge in [0.25, 0.3) is 5.69 Å². The Morgan fingerprint density at radius 1 is 1.14 bits per heavy atom. The highest BCUT2D eigenvalue weighted by molar-refractivity contribution is 5.63. The third-order valence-electron chi connectivity index (χ3n) is 4.69. The van der Waals surface area contributed by atoms with Gasteiger partial charge in [-0.25, -0.2) is 0 Å². The van der Waals surface area contributed by atoms with Gasteiger partial charge in [0.1, 0.15) is 24.1 Å².